The molecule has 2 rings (SSSR count). The molecule has 0 aromatic carbocycles. The van der Waals surface area contributed by atoms with E-state index < -0.39 is 0 Å². The van der Waals surface area contributed by atoms with Crippen LogP contribution < -0.4 is 5.32 Å². The number of likely N-dealkylation sites (tertiary alicyclic amines) is 1. The SMILES string of the molecule is CCCN1CCC(NC(=O)CCC(=O)c2ccc(Cl)s2)CC1. The molecule has 0 bridgehead atoms. The molecule has 122 valence electrons. The Kier molecular flexibility index (Phi) is 6.86. The lowest BCUT2D eigenvalue weighted by molar-refractivity contribution is -0.122. The number of nitrogens with zero attached hydrogens (tertiary/aromatic N) is 1. The van der Waals surface area contributed by atoms with Crippen LogP contribution in [0.25, 0.3) is 0 Å². The maximum Gasteiger partial charge on any atom is 0.220 e. The van der Waals surface area contributed by atoms with Crippen molar-refractivity contribution < 1.29 is 9.59 Å². The molecule has 6 heteroatoms. The van der Waals surface area contributed by atoms with E-state index in [1.54, 1.807) is 12.1 Å². The van der Waals surface area contributed by atoms with Gasteiger partial charge in [0.25, 0.3) is 0 Å². The van der Waals surface area contributed by atoms with Gasteiger partial charge in [0, 0.05) is 32.0 Å². The fourth-order valence-corrected chi connectivity index (χ4v) is 3.74. The highest BCUT2D eigenvalue weighted by Crippen LogP contribution is 2.23. The second kappa shape index (κ2) is 8.65. The molecule has 0 unspecified atom stereocenters. The minimum Gasteiger partial charge on any atom is -0.353 e. The summed E-state index contributed by atoms with van der Waals surface area (Å²) >= 11 is 7.08. The zero-order chi connectivity index (χ0) is 15.9. The normalized spacial score (nSPS) is 16.6. The largest absolute Gasteiger partial charge is 0.353 e. The smallest absolute Gasteiger partial charge is 0.220 e. The van der Waals surface area contributed by atoms with E-state index in [0.29, 0.717) is 9.21 Å². The van der Waals surface area contributed by atoms with E-state index in [1.807, 2.05) is 0 Å². The molecule has 1 aliphatic heterocycles. The van der Waals surface area contributed by atoms with Crippen molar-refractivity contribution >= 4 is 34.6 Å². The topological polar surface area (TPSA) is 49.4 Å². The summed E-state index contributed by atoms with van der Waals surface area (Å²) < 4.78 is 0.603. The van der Waals surface area contributed by atoms with E-state index >= 15 is 0 Å². The van der Waals surface area contributed by atoms with Crippen LogP contribution in [0.3, 0.4) is 0 Å². The third kappa shape index (κ3) is 5.38. The standard InChI is InChI=1S/C16H23ClN2O2S/c1-2-9-19-10-7-12(8-11-19)18-16(21)6-3-13(20)14-4-5-15(17)22-14/h4-5,12H,2-3,6-11H2,1H3,(H,18,21). The van der Waals surface area contributed by atoms with Gasteiger partial charge >= 0.3 is 0 Å². The van der Waals surface area contributed by atoms with Crippen molar-refractivity contribution in [3.63, 3.8) is 0 Å². The van der Waals surface area contributed by atoms with E-state index in [2.05, 4.69) is 17.1 Å². The molecule has 1 aliphatic rings. The van der Waals surface area contributed by atoms with E-state index in [1.165, 1.54) is 17.8 Å². The van der Waals surface area contributed by atoms with Crippen molar-refractivity contribution in [2.45, 2.75) is 45.1 Å². The Morgan fingerprint density at radius 2 is 2.05 bits per heavy atom. The van der Waals surface area contributed by atoms with Crippen LogP contribution in [0, 0.1) is 0 Å². The number of ketones is 1. The lowest BCUT2D eigenvalue weighted by Gasteiger charge is -2.32. The summed E-state index contributed by atoms with van der Waals surface area (Å²) in [7, 11) is 0. The summed E-state index contributed by atoms with van der Waals surface area (Å²) in [4.78, 5) is 27.0. The third-order valence-electron chi connectivity index (χ3n) is 3.92. The first-order valence-electron chi connectivity index (χ1n) is 7.88. The Hall–Kier alpha value is -0.910. The molecule has 1 aromatic heterocycles. The molecule has 0 radical (unpaired) electrons. The van der Waals surface area contributed by atoms with Crippen molar-refractivity contribution in [3.05, 3.63) is 21.3 Å². The molecule has 1 saturated heterocycles. The summed E-state index contributed by atoms with van der Waals surface area (Å²) in [6.45, 7) is 5.42. The summed E-state index contributed by atoms with van der Waals surface area (Å²) in [6, 6.07) is 3.69. The maximum atomic E-state index is 12.0. The Morgan fingerprint density at radius 3 is 2.64 bits per heavy atom. The molecule has 1 N–H and O–H groups in total. The van der Waals surface area contributed by atoms with Crippen LogP contribution in [0.1, 0.15) is 48.7 Å². The van der Waals surface area contributed by atoms with Gasteiger partial charge in [-0.05, 0) is 37.9 Å². The number of thiophene rings is 1. The summed E-state index contributed by atoms with van der Waals surface area (Å²) in [5.41, 5.74) is 0. The molecule has 1 fully saturated rings. The average Bonchev–Trinajstić information content (AvgIpc) is 2.94. The first kappa shape index (κ1) is 17.4. The number of rotatable bonds is 7. The van der Waals surface area contributed by atoms with Crippen LogP contribution in [0.2, 0.25) is 4.34 Å². The van der Waals surface area contributed by atoms with Crippen molar-refractivity contribution in [2.75, 3.05) is 19.6 Å². The number of hydrogen-bond donors (Lipinski definition) is 1. The Balaban J connectivity index is 1.67. The predicted octanol–water partition coefficient (Wildman–Crippen LogP) is 3.36. The van der Waals surface area contributed by atoms with Gasteiger partial charge in [-0.25, -0.2) is 0 Å². The summed E-state index contributed by atoms with van der Waals surface area (Å²) in [5, 5.41) is 3.05. The molecule has 1 amide bonds. The second-order valence-electron chi connectivity index (χ2n) is 5.71. The second-order valence-corrected chi connectivity index (χ2v) is 7.43. The van der Waals surface area contributed by atoms with Gasteiger partial charge in [-0.3, -0.25) is 9.59 Å². The molecule has 0 saturated carbocycles. The molecule has 0 atom stereocenters. The van der Waals surface area contributed by atoms with Crippen molar-refractivity contribution in [3.8, 4) is 0 Å². The van der Waals surface area contributed by atoms with Crippen molar-refractivity contribution in [2.24, 2.45) is 0 Å². The molecule has 22 heavy (non-hydrogen) atoms. The van der Waals surface area contributed by atoms with Crippen LogP contribution in [0.5, 0.6) is 0 Å². The van der Waals surface area contributed by atoms with Gasteiger partial charge in [0.15, 0.2) is 5.78 Å². The van der Waals surface area contributed by atoms with Gasteiger partial charge in [0.05, 0.1) is 9.21 Å². The highest BCUT2D eigenvalue weighted by Gasteiger charge is 2.20. The number of amides is 1. The number of piperidine rings is 1. The summed E-state index contributed by atoms with van der Waals surface area (Å²) in [5.74, 6) is -0.0326. The number of halogens is 1. The highest BCUT2D eigenvalue weighted by atomic mass is 35.5. The van der Waals surface area contributed by atoms with Gasteiger partial charge in [0.1, 0.15) is 0 Å². The van der Waals surface area contributed by atoms with Gasteiger partial charge in [-0.1, -0.05) is 18.5 Å². The zero-order valence-electron chi connectivity index (χ0n) is 12.9. The number of Topliss-reactive ketones (excluding diaryl/α,β-unsaturated/α-hetero) is 1. The fraction of sp³-hybridized carbons (Fsp3) is 0.625. The lowest BCUT2D eigenvalue weighted by Crippen LogP contribution is -2.44. The number of carbonyl (C=O) groups is 2. The predicted molar refractivity (Wildman–Crippen MR) is 90.8 cm³/mol. The van der Waals surface area contributed by atoms with Crippen LogP contribution in [0.15, 0.2) is 12.1 Å². The van der Waals surface area contributed by atoms with Crippen LogP contribution >= 0.6 is 22.9 Å². The van der Waals surface area contributed by atoms with Crippen LogP contribution in [0.4, 0.5) is 0 Å². The number of nitrogens with one attached hydrogen (secondary N) is 1. The van der Waals surface area contributed by atoms with Crippen LogP contribution in [-0.4, -0.2) is 42.3 Å². The molecule has 2 heterocycles. The number of hydrogen-bond acceptors (Lipinski definition) is 4. The Labute approximate surface area is 140 Å². The number of carbonyl (C=O) groups excluding carboxylic acids is 2. The van der Waals surface area contributed by atoms with E-state index in [-0.39, 0.29) is 30.6 Å². The van der Waals surface area contributed by atoms with Crippen molar-refractivity contribution in [1.82, 2.24) is 10.2 Å². The van der Waals surface area contributed by atoms with E-state index in [9.17, 15) is 9.59 Å². The zero-order valence-corrected chi connectivity index (χ0v) is 14.5. The van der Waals surface area contributed by atoms with Crippen molar-refractivity contribution in [1.29, 1.82) is 0 Å². The van der Waals surface area contributed by atoms with Crippen LogP contribution in [-0.2, 0) is 4.79 Å². The molecule has 4 nitrogen and oxygen atoms in total. The molecular formula is C16H23ClN2O2S. The average molecular weight is 343 g/mol. The first-order chi connectivity index (χ1) is 10.6. The Bertz CT molecular complexity index is 510. The van der Waals surface area contributed by atoms with Gasteiger partial charge in [-0.2, -0.15) is 0 Å². The first-order valence-corrected chi connectivity index (χ1v) is 9.08. The molecule has 1 aromatic rings. The minimum absolute atomic E-state index is 0.00943. The minimum atomic E-state index is -0.0232. The molecular weight excluding hydrogens is 320 g/mol. The quantitative estimate of drug-likeness (QED) is 0.773. The van der Waals surface area contributed by atoms with Gasteiger partial charge < -0.3 is 10.2 Å². The fourth-order valence-electron chi connectivity index (χ4n) is 2.73. The van der Waals surface area contributed by atoms with E-state index in [0.717, 1.165) is 32.5 Å². The third-order valence-corrected chi connectivity index (χ3v) is 5.19. The lowest BCUT2D eigenvalue weighted by atomic mass is 10.0. The molecule has 0 spiro atoms. The van der Waals surface area contributed by atoms with Gasteiger partial charge in [-0.15, -0.1) is 11.3 Å². The maximum absolute atomic E-state index is 12.0. The molecule has 0 aliphatic carbocycles. The van der Waals surface area contributed by atoms with Gasteiger partial charge in [0.2, 0.25) is 5.91 Å². The van der Waals surface area contributed by atoms with E-state index in [4.69, 9.17) is 11.6 Å². The Morgan fingerprint density at radius 1 is 1.32 bits per heavy atom. The highest BCUT2D eigenvalue weighted by molar-refractivity contribution is 7.18. The monoisotopic (exact) mass is 342 g/mol. The summed E-state index contributed by atoms with van der Waals surface area (Å²) in [6.07, 6.45) is 3.67.